The third-order valence-electron chi connectivity index (χ3n) is 11.8. The number of hydrogen-bond acceptors (Lipinski definition) is 8. The zero-order valence-electron chi connectivity index (χ0n) is 37.8. The standard InChI is InChI=1S/C54H54N6O8S/c61-48-28-29-49(62)56-47(34-42-17-10-30-69-42)53(66)60-46(32-37-18-23-40(24-19-37)39-15-8-3-9-16-39)52(65)58-44(31-36-13-6-2-7-14-36)51(64)59-45(33-38-20-25-41(55-48)26-21-38)50(63)57-43(54(67)68)27-22-35-11-4-1-5-12-35/h1-21,23-26,30,43-47H,22,27-29,31-34H2,(H,55,61)(H,56,62)(H,57,63)(H,58,65)(H,59,64)(H,60,66)(H,67,68). The summed E-state index contributed by atoms with van der Waals surface area (Å²) < 4.78 is 0. The van der Waals surface area contributed by atoms with Gasteiger partial charge in [-0.15, -0.1) is 11.3 Å². The van der Waals surface area contributed by atoms with E-state index in [0.717, 1.165) is 21.6 Å². The maximum absolute atomic E-state index is 14.8. The molecule has 6 amide bonds. The van der Waals surface area contributed by atoms with Crippen LogP contribution in [0.5, 0.6) is 0 Å². The van der Waals surface area contributed by atoms with Gasteiger partial charge >= 0.3 is 5.97 Å². The number of carboxylic acid groups (broad SMARTS) is 1. The molecule has 5 atom stereocenters. The molecule has 0 radical (unpaired) electrons. The van der Waals surface area contributed by atoms with E-state index in [4.69, 9.17) is 0 Å². The van der Waals surface area contributed by atoms with Gasteiger partial charge in [0, 0.05) is 49.1 Å². The first-order valence-corrected chi connectivity index (χ1v) is 23.7. The first-order chi connectivity index (χ1) is 33.4. The first kappa shape index (κ1) is 49.0. The van der Waals surface area contributed by atoms with Crippen LogP contribution in [0.4, 0.5) is 5.69 Å². The summed E-state index contributed by atoms with van der Waals surface area (Å²) in [6.07, 6.45) is -0.00341. The van der Waals surface area contributed by atoms with Crippen LogP contribution in [-0.2, 0) is 65.7 Å². The maximum atomic E-state index is 14.8. The minimum absolute atomic E-state index is 0.00737. The van der Waals surface area contributed by atoms with Crippen LogP contribution in [-0.4, -0.2) is 76.7 Å². The highest BCUT2D eigenvalue weighted by Gasteiger charge is 2.33. The molecule has 69 heavy (non-hydrogen) atoms. The third kappa shape index (κ3) is 14.8. The second-order valence-corrected chi connectivity index (χ2v) is 17.9. The highest BCUT2D eigenvalue weighted by molar-refractivity contribution is 7.09. The van der Waals surface area contributed by atoms with Crippen LogP contribution >= 0.6 is 11.3 Å². The van der Waals surface area contributed by atoms with Crippen molar-refractivity contribution in [3.63, 3.8) is 0 Å². The summed E-state index contributed by atoms with van der Waals surface area (Å²) >= 11 is 1.40. The van der Waals surface area contributed by atoms with E-state index in [-0.39, 0.29) is 44.9 Å². The Morgan fingerprint density at radius 3 is 1.70 bits per heavy atom. The molecule has 0 saturated heterocycles. The van der Waals surface area contributed by atoms with Crippen molar-refractivity contribution >= 4 is 58.4 Å². The summed E-state index contributed by atoms with van der Waals surface area (Å²) in [5, 5.41) is 28.8. The van der Waals surface area contributed by atoms with Crippen LogP contribution in [0, 0.1) is 0 Å². The average molecular weight is 947 g/mol. The van der Waals surface area contributed by atoms with Gasteiger partial charge in [-0.1, -0.05) is 133 Å². The number of benzene rings is 5. The highest BCUT2D eigenvalue weighted by atomic mass is 32.1. The minimum atomic E-state index is -1.32. The molecule has 7 N–H and O–H groups in total. The van der Waals surface area contributed by atoms with E-state index in [1.165, 1.54) is 11.3 Å². The molecule has 0 spiro atoms. The highest BCUT2D eigenvalue weighted by Crippen LogP contribution is 2.21. The molecule has 2 aliphatic heterocycles. The van der Waals surface area contributed by atoms with Crippen molar-refractivity contribution in [1.82, 2.24) is 26.6 Å². The number of thiophene rings is 1. The zero-order chi connectivity index (χ0) is 48.5. The van der Waals surface area contributed by atoms with Gasteiger partial charge in [0.05, 0.1) is 0 Å². The van der Waals surface area contributed by atoms with Crippen molar-refractivity contribution in [3.05, 3.63) is 184 Å². The summed E-state index contributed by atoms with van der Waals surface area (Å²) in [5.74, 6) is -5.12. The van der Waals surface area contributed by atoms with Gasteiger partial charge in [0.25, 0.3) is 0 Å². The van der Waals surface area contributed by atoms with Crippen LogP contribution in [0.25, 0.3) is 11.1 Å². The molecule has 0 saturated carbocycles. The summed E-state index contributed by atoms with van der Waals surface area (Å²) in [5.41, 5.74) is 5.16. The van der Waals surface area contributed by atoms with E-state index < -0.39 is 71.6 Å². The molecule has 5 unspecified atom stereocenters. The number of aliphatic carboxylic acids is 1. The van der Waals surface area contributed by atoms with E-state index in [2.05, 4.69) is 31.9 Å². The van der Waals surface area contributed by atoms with Gasteiger partial charge in [-0.25, -0.2) is 4.79 Å². The number of fused-ring (bicyclic) bond motifs is 18. The zero-order valence-corrected chi connectivity index (χ0v) is 38.6. The van der Waals surface area contributed by atoms with Gasteiger partial charge in [0.2, 0.25) is 35.4 Å². The van der Waals surface area contributed by atoms with Crippen molar-refractivity contribution in [2.45, 2.75) is 81.6 Å². The van der Waals surface area contributed by atoms with Crippen LogP contribution < -0.4 is 31.9 Å². The molecule has 2 bridgehead atoms. The predicted octanol–water partition coefficient (Wildman–Crippen LogP) is 5.56. The first-order valence-electron chi connectivity index (χ1n) is 22.8. The number of aryl methyl sites for hydroxylation is 1. The van der Waals surface area contributed by atoms with E-state index in [1.54, 1.807) is 48.5 Å². The molecule has 14 nitrogen and oxygen atoms in total. The largest absolute Gasteiger partial charge is 0.480 e. The van der Waals surface area contributed by atoms with Crippen molar-refractivity contribution in [2.75, 3.05) is 5.32 Å². The lowest BCUT2D eigenvalue weighted by Crippen LogP contribution is -2.60. The van der Waals surface area contributed by atoms with Crippen molar-refractivity contribution in [1.29, 1.82) is 0 Å². The molecule has 15 heteroatoms. The lowest BCUT2D eigenvalue weighted by atomic mass is 9.98. The van der Waals surface area contributed by atoms with Crippen LogP contribution in [0.3, 0.4) is 0 Å². The Morgan fingerprint density at radius 2 is 1.10 bits per heavy atom. The van der Waals surface area contributed by atoms with Gasteiger partial charge in [0.15, 0.2) is 0 Å². The van der Waals surface area contributed by atoms with Crippen LogP contribution in [0.2, 0.25) is 0 Å². The van der Waals surface area contributed by atoms with E-state index in [1.807, 2.05) is 109 Å². The molecular weight excluding hydrogens is 893 g/mol. The molecule has 6 aromatic rings. The number of carboxylic acids is 1. The minimum Gasteiger partial charge on any atom is -0.480 e. The SMILES string of the molecule is O=C1CCC(=O)NC(Cc2cccs2)C(=O)NC(Cc2ccc(-c3ccccc3)cc2)C(=O)NC(Cc2ccccc2)C(=O)NC(C(=O)NC(CCc2ccccc2)C(=O)O)Cc2ccc(cc2)N1. The summed E-state index contributed by atoms with van der Waals surface area (Å²) in [7, 11) is 0. The van der Waals surface area contributed by atoms with Crippen LogP contribution in [0.1, 0.15) is 46.4 Å². The number of carbonyl (C=O) groups is 7. The summed E-state index contributed by atoms with van der Waals surface area (Å²) in [6, 6.07) is 39.4. The lowest BCUT2D eigenvalue weighted by molar-refractivity contribution is -0.142. The van der Waals surface area contributed by atoms with E-state index >= 15 is 0 Å². The van der Waals surface area contributed by atoms with Crippen molar-refractivity contribution in [3.8, 4) is 11.1 Å². The Bertz CT molecular complexity index is 2690. The third-order valence-corrected chi connectivity index (χ3v) is 12.7. The number of nitrogens with one attached hydrogen (secondary N) is 6. The quantitative estimate of drug-likeness (QED) is 0.0728. The molecule has 1 aromatic heterocycles. The van der Waals surface area contributed by atoms with E-state index in [0.29, 0.717) is 28.8 Å². The Kier molecular flexibility index (Phi) is 17.2. The molecule has 3 heterocycles. The van der Waals surface area contributed by atoms with Gasteiger partial charge in [-0.05, 0) is 69.8 Å². The maximum Gasteiger partial charge on any atom is 0.326 e. The Hall–Kier alpha value is -7.91. The second kappa shape index (κ2) is 24.2. The van der Waals surface area contributed by atoms with Gasteiger partial charge < -0.3 is 37.0 Å². The lowest BCUT2D eigenvalue weighted by Gasteiger charge is -2.27. The fourth-order valence-electron chi connectivity index (χ4n) is 8.00. The van der Waals surface area contributed by atoms with Gasteiger partial charge in [0.1, 0.15) is 30.2 Å². The fourth-order valence-corrected chi connectivity index (χ4v) is 8.75. The topological polar surface area (TPSA) is 212 Å². The second-order valence-electron chi connectivity index (χ2n) is 16.9. The molecule has 0 fully saturated rings. The molecule has 0 aliphatic carbocycles. The number of rotatable bonds is 13. The Morgan fingerprint density at radius 1 is 0.565 bits per heavy atom. The smallest absolute Gasteiger partial charge is 0.326 e. The van der Waals surface area contributed by atoms with E-state index in [9.17, 15) is 38.7 Å². The van der Waals surface area contributed by atoms with Crippen molar-refractivity contribution in [2.24, 2.45) is 0 Å². The average Bonchev–Trinajstić information content (AvgIpc) is 3.88. The van der Waals surface area contributed by atoms with Crippen LogP contribution in [0.15, 0.2) is 157 Å². The number of carbonyl (C=O) groups excluding carboxylic acids is 6. The number of hydrogen-bond donors (Lipinski definition) is 7. The molecular formula is C54H54N6O8S. The molecule has 5 aromatic carbocycles. The monoisotopic (exact) mass is 946 g/mol. The summed E-state index contributed by atoms with van der Waals surface area (Å²) in [4.78, 5) is 97.9. The number of amides is 6. The normalized spacial score (nSPS) is 18.8. The summed E-state index contributed by atoms with van der Waals surface area (Å²) in [6.45, 7) is 0. The molecule has 8 rings (SSSR count). The van der Waals surface area contributed by atoms with Crippen molar-refractivity contribution < 1.29 is 38.7 Å². The fraction of sp³-hybridized carbons (Fsp3) is 0.241. The van der Waals surface area contributed by atoms with Gasteiger partial charge in [-0.3, -0.25) is 28.8 Å². The predicted molar refractivity (Wildman–Crippen MR) is 264 cm³/mol. The number of anilines is 1. The van der Waals surface area contributed by atoms with Gasteiger partial charge in [-0.2, -0.15) is 0 Å². The molecule has 354 valence electrons. The molecule has 2 aliphatic rings. The Balaban J connectivity index is 1.22. The Labute approximate surface area is 404 Å².